The van der Waals surface area contributed by atoms with Crippen LogP contribution in [0.1, 0.15) is 12.8 Å². The lowest BCUT2D eigenvalue weighted by Gasteiger charge is -2.17. The molecule has 2 amide bonds. The molecule has 1 saturated heterocycles. The summed E-state index contributed by atoms with van der Waals surface area (Å²) in [6.07, 6.45) is 0.987. The van der Waals surface area contributed by atoms with E-state index in [2.05, 4.69) is 27.8 Å². The maximum absolute atomic E-state index is 11.7. The zero-order chi connectivity index (χ0) is 12.1. The van der Waals surface area contributed by atoms with E-state index < -0.39 is 11.9 Å². The molecule has 1 rings (SSSR count). The normalized spacial score (nSPS) is 21.4. The van der Waals surface area contributed by atoms with Crippen LogP contribution in [0.3, 0.4) is 0 Å². The molecule has 0 spiro atoms. The molecule has 1 heterocycles. The van der Waals surface area contributed by atoms with Gasteiger partial charge in [-0.2, -0.15) is 0 Å². The van der Waals surface area contributed by atoms with Crippen molar-refractivity contribution in [3.05, 3.63) is 11.1 Å². The lowest BCUT2D eigenvalue weighted by molar-refractivity contribution is -0.129. The Labute approximate surface area is 103 Å². The fourth-order valence-electron chi connectivity index (χ4n) is 1.48. The SMILES string of the molecule is C=C(Br)C[C@@H](NC(=O)[C@H]1CCOC1)C(N)=O. The third-order valence-corrected chi connectivity index (χ3v) is 2.71. The van der Waals surface area contributed by atoms with Crippen LogP contribution in [0.25, 0.3) is 0 Å². The van der Waals surface area contributed by atoms with Gasteiger partial charge in [0.1, 0.15) is 6.04 Å². The molecule has 90 valence electrons. The van der Waals surface area contributed by atoms with Crippen LogP contribution in [0.5, 0.6) is 0 Å². The first kappa shape index (κ1) is 13.2. The van der Waals surface area contributed by atoms with Crippen molar-refractivity contribution in [1.29, 1.82) is 0 Å². The summed E-state index contributed by atoms with van der Waals surface area (Å²) in [5.74, 6) is -0.923. The minimum atomic E-state index is -0.708. The van der Waals surface area contributed by atoms with Crippen LogP contribution in [-0.4, -0.2) is 31.1 Å². The molecule has 0 aromatic heterocycles. The van der Waals surface area contributed by atoms with E-state index in [1.54, 1.807) is 0 Å². The van der Waals surface area contributed by atoms with Crippen LogP contribution in [0.2, 0.25) is 0 Å². The second-order valence-electron chi connectivity index (χ2n) is 3.75. The lowest BCUT2D eigenvalue weighted by atomic mass is 10.1. The molecule has 3 N–H and O–H groups in total. The Hall–Kier alpha value is -0.880. The van der Waals surface area contributed by atoms with Gasteiger partial charge in [0.2, 0.25) is 11.8 Å². The highest BCUT2D eigenvalue weighted by Gasteiger charge is 2.27. The molecule has 5 nitrogen and oxygen atoms in total. The third-order valence-electron chi connectivity index (χ3n) is 2.39. The molecule has 1 fully saturated rings. The summed E-state index contributed by atoms with van der Waals surface area (Å²) in [5, 5.41) is 2.61. The van der Waals surface area contributed by atoms with Crippen LogP contribution in [-0.2, 0) is 14.3 Å². The van der Waals surface area contributed by atoms with E-state index in [1.807, 2.05) is 0 Å². The quantitative estimate of drug-likeness (QED) is 0.764. The number of amides is 2. The van der Waals surface area contributed by atoms with Crippen molar-refractivity contribution in [3.8, 4) is 0 Å². The fourth-order valence-corrected chi connectivity index (χ4v) is 1.80. The summed E-state index contributed by atoms with van der Waals surface area (Å²) in [7, 11) is 0. The monoisotopic (exact) mass is 290 g/mol. The Morgan fingerprint density at radius 1 is 1.62 bits per heavy atom. The number of carbonyl (C=O) groups excluding carboxylic acids is 2. The van der Waals surface area contributed by atoms with Gasteiger partial charge in [-0.1, -0.05) is 22.5 Å². The zero-order valence-corrected chi connectivity index (χ0v) is 10.5. The van der Waals surface area contributed by atoms with Crippen LogP contribution in [0.15, 0.2) is 11.1 Å². The molecule has 0 unspecified atom stereocenters. The number of ether oxygens (including phenoxy) is 1. The molecular formula is C10H15BrN2O3. The Morgan fingerprint density at radius 2 is 2.31 bits per heavy atom. The minimum absolute atomic E-state index is 0.176. The number of hydrogen-bond donors (Lipinski definition) is 2. The van der Waals surface area contributed by atoms with Gasteiger partial charge in [0.25, 0.3) is 0 Å². The van der Waals surface area contributed by atoms with Crippen LogP contribution >= 0.6 is 15.9 Å². The Morgan fingerprint density at radius 3 is 2.75 bits per heavy atom. The second-order valence-corrected chi connectivity index (χ2v) is 4.87. The molecule has 6 heteroatoms. The van der Waals surface area contributed by atoms with Crippen molar-refractivity contribution in [1.82, 2.24) is 5.32 Å². The minimum Gasteiger partial charge on any atom is -0.381 e. The number of carbonyl (C=O) groups is 2. The highest BCUT2D eigenvalue weighted by Crippen LogP contribution is 2.14. The standard InChI is InChI=1S/C10H15BrN2O3/c1-6(11)4-8(9(12)14)13-10(15)7-2-3-16-5-7/h7-8H,1-5H2,(H2,12,14)(H,13,15)/t7-,8+/m0/s1. The molecule has 2 atom stereocenters. The Bertz CT molecular complexity index is 300. The summed E-state index contributed by atoms with van der Waals surface area (Å²) in [6, 6.07) is -0.708. The highest BCUT2D eigenvalue weighted by atomic mass is 79.9. The topological polar surface area (TPSA) is 81.4 Å². The first-order chi connectivity index (χ1) is 7.50. The molecule has 0 saturated carbocycles. The average Bonchev–Trinajstić information content (AvgIpc) is 2.68. The molecule has 1 aliphatic heterocycles. The van der Waals surface area contributed by atoms with Gasteiger partial charge in [-0.05, 0) is 10.9 Å². The van der Waals surface area contributed by atoms with Gasteiger partial charge in [0.05, 0.1) is 12.5 Å². The predicted molar refractivity (Wildman–Crippen MR) is 62.7 cm³/mol. The molecule has 16 heavy (non-hydrogen) atoms. The average molecular weight is 291 g/mol. The van der Waals surface area contributed by atoms with E-state index in [0.29, 0.717) is 30.5 Å². The largest absolute Gasteiger partial charge is 0.381 e. The van der Waals surface area contributed by atoms with Gasteiger partial charge in [0.15, 0.2) is 0 Å². The number of halogens is 1. The van der Waals surface area contributed by atoms with Crippen molar-refractivity contribution in [2.75, 3.05) is 13.2 Å². The summed E-state index contributed by atoms with van der Waals surface area (Å²) in [4.78, 5) is 22.8. The number of rotatable bonds is 5. The lowest BCUT2D eigenvalue weighted by Crippen LogP contribution is -2.46. The van der Waals surface area contributed by atoms with E-state index in [1.165, 1.54) is 0 Å². The van der Waals surface area contributed by atoms with Crippen molar-refractivity contribution in [2.45, 2.75) is 18.9 Å². The predicted octanol–water partition coefficient (Wildman–Crippen LogP) is 0.292. The van der Waals surface area contributed by atoms with Gasteiger partial charge in [-0.25, -0.2) is 0 Å². The van der Waals surface area contributed by atoms with Gasteiger partial charge >= 0.3 is 0 Å². The van der Waals surface area contributed by atoms with Crippen LogP contribution in [0.4, 0.5) is 0 Å². The number of hydrogen-bond acceptors (Lipinski definition) is 3. The van der Waals surface area contributed by atoms with Crippen molar-refractivity contribution in [3.63, 3.8) is 0 Å². The van der Waals surface area contributed by atoms with Gasteiger partial charge in [0, 0.05) is 13.0 Å². The first-order valence-electron chi connectivity index (χ1n) is 5.01. The van der Waals surface area contributed by atoms with E-state index in [0.717, 1.165) is 0 Å². The smallest absolute Gasteiger partial charge is 0.240 e. The first-order valence-corrected chi connectivity index (χ1v) is 5.80. The summed E-state index contributed by atoms with van der Waals surface area (Å²) in [6.45, 7) is 4.61. The maximum atomic E-state index is 11.7. The number of nitrogens with two attached hydrogens (primary N) is 1. The van der Waals surface area contributed by atoms with E-state index in [-0.39, 0.29) is 11.8 Å². The number of nitrogens with one attached hydrogen (secondary N) is 1. The Balaban J connectivity index is 2.50. The van der Waals surface area contributed by atoms with Gasteiger partial charge < -0.3 is 15.8 Å². The zero-order valence-electron chi connectivity index (χ0n) is 8.87. The highest BCUT2D eigenvalue weighted by molar-refractivity contribution is 9.11. The van der Waals surface area contributed by atoms with Crippen molar-refractivity contribution < 1.29 is 14.3 Å². The van der Waals surface area contributed by atoms with Crippen molar-refractivity contribution in [2.24, 2.45) is 11.7 Å². The Kier molecular flexibility index (Phi) is 4.95. The fraction of sp³-hybridized carbons (Fsp3) is 0.600. The van der Waals surface area contributed by atoms with E-state index in [4.69, 9.17) is 10.5 Å². The molecule has 0 aromatic rings. The van der Waals surface area contributed by atoms with Gasteiger partial charge in [-0.3, -0.25) is 9.59 Å². The molecule has 0 aromatic carbocycles. The molecule has 0 bridgehead atoms. The molecule has 0 aliphatic carbocycles. The van der Waals surface area contributed by atoms with Crippen LogP contribution < -0.4 is 11.1 Å². The van der Waals surface area contributed by atoms with Gasteiger partial charge in [-0.15, -0.1) is 0 Å². The second kappa shape index (κ2) is 6.00. The van der Waals surface area contributed by atoms with E-state index in [9.17, 15) is 9.59 Å². The third kappa shape index (κ3) is 3.94. The van der Waals surface area contributed by atoms with Crippen molar-refractivity contribution >= 4 is 27.7 Å². The summed E-state index contributed by atoms with van der Waals surface area (Å²) >= 11 is 3.14. The maximum Gasteiger partial charge on any atom is 0.240 e. The summed E-state index contributed by atoms with van der Waals surface area (Å²) in [5.41, 5.74) is 5.19. The van der Waals surface area contributed by atoms with E-state index >= 15 is 0 Å². The van der Waals surface area contributed by atoms with Crippen LogP contribution in [0, 0.1) is 5.92 Å². The summed E-state index contributed by atoms with van der Waals surface area (Å²) < 4.78 is 5.72. The molecular weight excluding hydrogens is 276 g/mol. The molecule has 0 radical (unpaired) electrons. The number of primary amides is 1. The molecule has 1 aliphatic rings.